The number of rotatable bonds is 12. The van der Waals surface area contributed by atoms with Crippen LogP contribution in [0.25, 0.3) is 232 Å². The highest BCUT2D eigenvalue weighted by molar-refractivity contribution is 6.30. The molecule has 0 atom stereocenters. The molecule has 0 spiro atoms. The third-order valence-electron chi connectivity index (χ3n) is 26.1. The summed E-state index contributed by atoms with van der Waals surface area (Å²) < 4.78 is 14.6. The molecule has 20 aromatic carbocycles. The van der Waals surface area contributed by atoms with E-state index < -0.39 is 0 Å². The Bertz CT molecular complexity index is 8490. The van der Waals surface area contributed by atoms with Gasteiger partial charge < -0.3 is 27.4 Å². The highest BCUT2D eigenvalue weighted by Gasteiger charge is 2.28. The van der Waals surface area contributed by atoms with E-state index in [1.54, 1.807) is 0 Å². The Labute approximate surface area is 727 Å². The van der Waals surface area contributed by atoms with Crippen molar-refractivity contribution in [2.75, 3.05) is 0 Å². The molecule has 0 radical (unpaired) electrons. The molecule has 0 saturated carbocycles. The van der Waals surface area contributed by atoms with Crippen molar-refractivity contribution in [1.29, 1.82) is 0 Å². The van der Waals surface area contributed by atoms with Crippen molar-refractivity contribution >= 4 is 131 Å². The monoisotopic (exact) mass is 1600 g/mol. The summed E-state index contributed by atoms with van der Waals surface area (Å²) in [6.45, 7) is 0. The zero-order chi connectivity index (χ0) is 82.9. The summed E-state index contributed by atoms with van der Waals surface area (Å²) in [5, 5.41) is 15.0. The van der Waals surface area contributed by atoms with Crippen LogP contribution >= 0.6 is 0 Å². The number of fused-ring (bicyclic) bond motifs is 18. The topological polar surface area (TPSA) is 29.6 Å². The molecule has 26 rings (SSSR count). The van der Waals surface area contributed by atoms with E-state index in [0.717, 1.165) is 34.1 Å². The van der Waals surface area contributed by atoms with E-state index in [1.165, 1.54) is 198 Å². The largest absolute Gasteiger partial charge is 0.309 e. The summed E-state index contributed by atoms with van der Waals surface area (Å²) in [6.07, 6.45) is 0. The molecule has 0 unspecified atom stereocenters. The van der Waals surface area contributed by atoms with Crippen molar-refractivity contribution < 1.29 is 0 Å². The standard InChI is InChI=1S/2C60H39N3/c1-4-17-40(18-5-1)43-19-16-24-47(37-43)63-52-28-13-10-25-48(52)51-38-44(35-36-55(51)63)41-31-33-42(34-32-41)58-59-49-26-11-14-29-53(49)61(45-20-6-2-7-21-45)56(59)39-57-60(58)50-27-12-15-30-54(50)62(57)46-22-8-3-9-23-46;1-4-16-40(17-5-1)41-32-35-47(36-33-41)61-52-25-13-10-22-48(52)49-37-34-44(38-55(49)61)42-28-30-43(31-29-42)58-59-50-23-11-14-26-53(50)62(45-18-6-2-7-19-45)56(59)39-57-60(58)51-24-12-15-27-54(51)63(57)46-20-8-3-9-21-46/h2*1-39H. The molecule has 126 heavy (non-hydrogen) atoms. The normalized spacial score (nSPS) is 11.8. The Morgan fingerprint density at radius 3 is 0.738 bits per heavy atom. The molecule has 588 valence electrons. The van der Waals surface area contributed by atoms with Crippen LogP contribution in [-0.4, -0.2) is 27.4 Å². The number of aromatic nitrogens is 6. The average Bonchev–Trinajstić information content (AvgIpc) is 1.54. The fourth-order valence-electron chi connectivity index (χ4n) is 20.5. The number of hydrogen-bond donors (Lipinski definition) is 0. The second-order valence-corrected chi connectivity index (χ2v) is 33.0. The van der Waals surface area contributed by atoms with Crippen LogP contribution in [0.3, 0.4) is 0 Å². The van der Waals surface area contributed by atoms with Gasteiger partial charge in [-0.05, 0) is 195 Å². The third kappa shape index (κ3) is 11.6. The van der Waals surface area contributed by atoms with Crippen LogP contribution in [0.5, 0.6) is 0 Å². The van der Waals surface area contributed by atoms with Gasteiger partial charge >= 0.3 is 0 Å². The van der Waals surface area contributed by atoms with E-state index in [1.807, 2.05) is 0 Å². The molecule has 6 aromatic heterocycles. The molecule has 0 amide bonds. The van der Waals surface area contributed by atoms with Crippen LogP contribution in [0.1, 0.15) is 0 Å². The Morgan fingerprint density at radius 1 is 0.103 bits per heavy atom. The lowest BCUT2D eigenvalue weighted by molar-refractivity contribution is 1.16. The van der Waals surface area contributed by atoms with Gasteiger partial charge in [0.1, 0.15) is 0 Å². The summed E-state index contributed by atoms with van der Waals surface area (Å²) >= 11 is 0. The second kappa shape index (κ2) is 29.5. The van der Waals surface area contributed by atoms with Crippen molar-refractivity contribution in [3.63, 3.8) is 0 Å². The lowest BCUT2D eigenvalue weighted by Crippen LogP contribution is -1.96. The lowest BCUT2D eigenvalue weighted by Gasteiger charge is -2.13. The first-order chi connectivity index (χ1) is 62.6. The van der Waals surface area contributed by atoms with Crippen molar-refractivity contribution in [2.45, 2.75) is 0 Å². The number of para-hydroxylation sites is 10. The Morgan fingerprint density at radius 2 is 0.333 bits per heavy atom. The van der Waals surface area contributed by atoms with E-state index >= 15 is 0 Å². The molecule has 0 N–H and O–H groups in total. The first kappa shape index (κ1) is 72.1. The molecule has 6 nitrogen and oxygen atoms in total. The van der Waals surface area contributed by atoms with Crippen molar-refractivity contribution in [2.24, 2.45) is 0 Å². The molecular weight excluding hydrogens is 1530 g/mol. The van der Waals surface area contributed by atoms with Gasteiger partial charge in [0, 0.05) is 110 Å². The zero-order valence-corrected chi connectivity index (χ0v) is 68.7. The summed E-state index contributed by atoms with van der Waals surface area (Å²) in [5.74, 6) is 0. The quantitative estimate of drug-likeness (QED) is 0.117. The molecule has 0 bridgehead atoms. The molecule has 6 heterocycles. The Balaban J connectivity index is 0.000000137. The van der Waals surface area contributed by atoms with E-state index in [2.05, 4.69) is 501 Å². The highest BCUT2D eigenvalue weighted by atomic mass is 15.0. The highest BCUT2D eigenvalue weighted by Crippen LogP contribution is 2.51. The predicted molar refractivity (Wildman–Crippen MR) is 532 cm³/mol. The SMILES string of the molecule is c1ccc(-c2ccc(-n3c4ccccc4c4ccc(-c5ccc(-c6c7c8ccccc8n(-c8ccccc8)c7cc7c6c6ccccc6n7-c6ccccc6)cc5)cc43)cc2)cc1.c1ccc(-c2cccc(-n3c4ccccc4c4cc(-c5ccc(-c6c7c8ccccc8n(-c8ccccc8)c7cc7c6c6ccccc6n7-c6ccccc6)cc5)ccc43)c2)cc1. The molecule has 0 aliphatic heterocycles. The van der Waals surface area contributed by atoms with Gasteiger partial charge in [0.2, 0.25) is 0 Å². The van der Waals surface area contributed by atoms with Crippen molar-refractivity contribution in [3.8, 4) is 101 Å². The van der Waals surface area contributed by atoms with Gasteiger partial charge in [-0.25, -0.2) is 0 Å². The van der Waals surface area contributed by atoms with Crippen LogP contribution in [0, 0.1) is 0 Å². The predicted octanol–water partition coefficient (Wildman–Crippen LogP) is 32.0. The van der Waals surface area contributed by atoms with E-state index in [4.69, 9.17) is 0 Å². The van der Waals surface area contributed by atoms with Crippen molar-refractivity contribution in [3.05, 3.63) is 473 Å². The van der Waals surface area contributed by atoms with Gasteiger partial charge in [-0.1, -0.05) is 334 Å². The van der Waals surface area contributed by atoms with Crippen LogP contribution in [0.2, 0.25) is 0 Å². The minimum absolute atomic E-state index is 1.15. The van der Waals surface area contributed by atoms with Gasteiger partial charge in [-0.3, -0.25) is 0 Å². The molecular formula is C120H78N6. The van der Waals surface area contributed by atoms with Gasteiger partial charge in [0.05, 0.1) is 66.2 Å². The maximum Gasteiger partial charge on any atom is 0.0568 e. The molecule has 0 saturated heterocycles. The van der Waals surface area contributed by atoms with Crippen LogP contribution in [0.4, 0.5) is 0 Å². The molecule has 0 fully saturated rings. The molecule has 0 aliphatic carbocycles. The molecule has 26 aromatic rings. The van der Waals surface area contributed by atoms with E-state index in [9.17, 15) is 0 Å². The number of hydrogen-bond acceptors (Lipinski definition) is 0. The molecule has 0 aliphatic rings. The number of nitrogens with zero attached hydrogens (tertiary/aromatic N) is 6. The minimum atomic E-state index is 1.15. The van der Waals surface area contributed by atoms with E-state index in [0.29, 0.717) is 0 Å². The van der Waals surface area contributed by atoms with Gasteiger partial charge in [0.15, 0.2) is 0 Å². The Hall–Kier alpha value is -16.8. The first-order valence-electron chi connectivity index (χ1n) is 43.4. The van der Waals surface area contributed by atoms with Crippen LogP contribution in [0.15, 0.2) is 473 Å². The summed E-state index contributed by atoms with van der Waals surface area (Å²) in [5.41, 5.74) is 35.7. The smallest absolute Gasteiger partial charge is 0.0568 e. The second-order valence-electron chi connectivity index (χ2n) is 33.0. The van der Waals surface area contributed by atoms with Crippen molar-refractivity contribution in [1.82, 2.24) is 27.4 Å². The maximum atomic E-state index is 2.44. The lowest BCUT2D eigenvalue weighted by atomic mass is 9.92. The number of benzene rings is 20. The molecule has 6 heteroatoms. The van der Waals surface area contributed by atoms with Gasteiger partial charge in [-0.2, -0.15) is 0 Å². The van der Waals surface area contributed by atoms with Crippen LogP contribution < -0.4 is 0 Å². The maximum absolute atomic E-state index is 2.44. The fourth-order valence-corrected chi connectivity index (χ4v) is 20.5. The van der Waals surface area contributed by atoms with E-state index in [-0.39, 0.29) is 0 Å². The minimum Gasteiger partial charge on any atom is -0.309 e. The van der Waals surface area contributed by atoms with Gasteiger partial charge in [-0.15, -0.1) is 0 Å². The first-order valence-corrected chi connectivity index (χ1v) is 43.4. The zero-order valence-electron chi connectivity index (χ0n) is 68.7. The Kier molecular flexibility index (Phi) is 16.9. The van der Waals surface area contributed by atoms with Gasteiger partial charge in [0.25, 0.3) is 0 Å². The summed E-state index contributed by atoms with van der Waals surface area (Å²) in [6, 6.07) is 173. The summed E-state index contributed by atoms with van der Waals surface area (Å²) in [4.78, 5) is 0. The van der Waals surface area contributed by atoms with Crippen LogP contribution in [-0.2, 0) is 0 Å². The summed E-state index contributed by atoms with van der Waals surface area (Å²) in [7, 11) is 0. The third-order valence-corrected chi connectivity index (χ3v) is 26.1. The fraction of sp³-hybridized carbons (Fsp3) is 0. The average molecular weight is 1600 g/mol.